The molecule has 1 heterocycles. The van der Waals surface area contributed by atoms with E-state index in [9.17, 15) is 9.59 Å². The lowest BCUT2D eigenvalue weighted by molar-refractivity contribution is -0.141. The molecule has 19 heavy (non-hydrogen) atoms. The number of urea groups is 1. The van der Waals surface area contributed by atoms with Gasteiger partial charge in [-0.25, -0.2) is 4.79 Å². The van der Waals surface area contributed by atoms with E-state index < -0.39 is 17.9 Å². The second kappa shape index (κ2) is 6.77. The molecule has 7 heteroatoms. The minimum atomic E-state index is -0.928. The van der Waals surface area contributed by atoms with Gasteiger partial charge in [-0.2, -0.15) is 5.10 Å². The van der Waals surface area contributed by atoms with Crippen molar-refractivity contribution >= 4 is 12.0 Å². The molecule has 0 bridgehead atoms. The zero-order valence-corrected chi connectivity index (χ0v) is 11.4. The molecule has 3 N–H and O–H groups in total. The number of carbonyl (C=O) groups excluding carboxylic acids is 1. The summed E-state index contributed by atoms with van der Waals surface area (Å²) < 4.78 is 1.70. The highest BCUT2D eigenvalue weighted by Gasteiger charge is 2.20. The fourth-order valence-corrected chi connectivity index (χ4v) is 1.52. The summed E-state index contributed by atoms with van der Waals surface area (Å²) in [5.74, 6) is -1.55. The fraction of sp³-hybridized carbons (Fsp3) is 0.583. The van der Waals surface area contributed by atoms with Gasteiger partial charge in [0.15, 0.2) is 0 Å². The molecule has 0 saturated carbocycles. The van der Waals surface area contributed by atoms with E-state index in [0.717, 1.165) is 5.56 Å². The Balaban J connectivity index is 2.26. The van der Waals surface area contributed by atoms with Crippen molar-refractivity contribution in [3.8, 4) is 0 Å². The summed E-state index contributed by atoms with van der Waals surface area (Å²) in [6.45, 7) is 3.70. The number of hydrogen-bond acceptors (Lipinski definition) is 3. The number of carbonyl (C=O) groups is 2. The second-order valence-electron chi connectivity index (χ2n) is 4.59. The molecule has 1 rings (SSSR count). The van der Waals surface area contributed by atoms with Crippen LogP contribution in [-0.4, -0.2) is 39.5 Å². The van der Waals surface area contributed by atoms with Crippen LogP contribution in [0.2, 0.25) is 0 Å². The first-order valence-corrected chi connectivity index (χ1v) is 6.15. The van der Waals surface area contributed by atoms with Crippen LogP contribution in [0.5, 0.6) is 0 Å². The maximum atomic E-state index is 11.5. The summed E-state index contributed by atoms with van der Waals surface area (Å²) in [4.78, 5) is 22.3. The number of hydrogen-bond donors (Lipinski definition) is 3. The predicted molar refractivity (Wildman–Crippen MR) is 69.7 cm³/mol. The largest absolute Gasteiger partial charge is 0.481 e. The van der Waals surface area contributed by atoms with Crippen LogP contribution in [0.15, 0.2) is 12.4 Å². The Kier molecular flexibility index (Phi) is 5.35. The Hall–Kier alpha value is -2.05. The van der Waals surface area contributed by atoms with Crippen molar-refractivity contribution in [3.63, 3.8) is 0 Å². The Morgan fingerprint density at radius 1 is 1.47 bits per heavy atom. The van der Waals surface area contributed by atoms with Crippen molar-refractivity contribution in [1.82, 2.24) is 20.4 Å². The average molecular weight is 268 g/mol. The molecule has 7 nitrogen and oxygen atoms in total. The topological polar surface area (TPSA) is 96.3 Å². The van der Waals surface area contributed by atoms with Gasteiger partial charge in [0.2, 0.25) is 0 Å². The average Bonchev–Trinajstić information content (AvgIpc) is 2.73. The van der Waals surface area contributed by atoms with Crippen molar-refractivity contribution in [2.75, 3.05) is 6.54 Å². The van der Waals surface area contributed by atoms with Gasteiger partial charge in [0.05, 0.1) is 12.1 Å². The van der Waals surface area contributed by atoms with E-state index in [-0.39, 0.29) is 6.03 Å². The van der Waals surface area contributed by atoms with Crippen LogP contribution in [0, 0.1) is 5.92 Å². The monoisotopic (exact) mass is 268 g/mol. The van der Waals surface area contributed by atoms with Crippen molar-refractivity contribution in [2.45, 2.75) is 26.3 Å². The van der Waals surface area contributed by atoms with Crippen LogP contribution in [0.1, 0.15) is 19.4 Å². The van der Waals surface area contributed by atoms with E-state index in [4.69, 9.17) is 5.11 Å². The van der Waals surface area contributed by atoms with E-state index in [0.29, 0.717) is 13.0 Å². The minimum Gasteiger partial charge on any atom is -0.481 e. The molecular formula is C12H20N4O3. The quantitative estimate of drug-likeness (QED) is 0.694. The van der Waals surface area contributed by atoms with Gasteiger partial charge in [0.1, 0.15) is 0 Å². The van der Waals surface area contributed by atoms with Crippen molar-refractivity contribution in [1.29, 1.82) is 0 Å². The molecular weight excluding hydrogens is 248 g/mol. The summed E-state index contributed by atoms with van der Waals surface area (Å²) in [5, 5.41) is 18.1. The standard InChI is InChI=1S/C12H20N4O3/c1-8(11(17)18)9(2)15-12(19)13-5-4-10-6-14-16(3)7-10/h6-9H,4-5H2,1-3H3,(H,17,18)(H2,13,15,19). The fourth-order valence-electron chi connectivity index (χ4n) is 1.52. The van der Waals surface area contributed by atoms with Gasteiger partial charge < -0.3 is 15.7 Å². The van der Waals surface area contributed by atoms with Crippen LogP contribution in [-0.2, 0) is 18.3 Å². The first-order valence-electron chi connectivity index (χ1n) is 6.15. The third kappa shape index (κ3) is 4.99. The first-order chi connectivity index (χ1) is 8.90. The van der Waals surface area contributed by atoms with Crippen LogP contribution in [0.4, 0.5) is 4.79 Å². The Morgan fingerprint density at radius 2 is 2.16 bits per heavy atom. The SMILES string of the molecule is CC(NC(=O)NCCc1cnn(C)c1)C(C)C(=O)O. The molecule has 0 aliphatic heterocycles. The molecule has 106 valence electrons. The molecule has 0 spiro atoms. The van der Waals surface area contributed by atoms with Crippen LogP contribution < -0.4 is 10.6 Å². The predicted octanol–water partition coefficient (Wildman–Crippen LogP) is 0.371. The number of nitrogens with zero attached hydrogens (tertiary/aromatic N) is 2. The molecule has 2 amide bonds. The van der Waals surface area contributed by atoms with Gasteiger partial charge >= 0.3 is 12.0 Å². The summed E-state index contributed by atoms with van der Waals surface area (Å²) in [6.07, 6.45) is 4.31. The maximum absolute atomic E-state index is 11.5. The molecule has 2 unspecified atom stereocenters. The molecule has 0 radical (unpaired) electrons. The number of rotatable bonds is 6. The van der Waals surface area contributed by atoms with Gasteiger partial charge in [0.25, 0.3) is 0 Å². The van der Waals surface area contributed by atoms with Gasteiger partial charge in [-0.15, -0.1) is 0 Å². The summed E-state index contributed by atoms with van der Waals surface area (Å²) >= 11 is 0. The summed E-state index contributed by atoms with van der Waals surface area (Å²) in [6, 6.07) is -0.777. The van der Waals surface area contributed by atoms with E-state index in [2.05, 4.69) is 15.7 Å². The lowest BCUT2D eigenvalue weighted by atomic mass is 10.0. The number of amides is 2. The van der Waals surface area contributed by atoms with Gasteiger partial charge in [0, 0.05) is 25.8 Å². The molecule has 0 aromatic carbocycles. The Labute approximate surface area is 112 Å². The van der Waals surface area contributed by atoms with Gasteiger partial charge in [-0.05, 0) is 25.8 Å². The van der Waals surface area contributed by atoms with Crippen LogP contribution in [0.25, 0.3) is 0 Å². The van der Waals surface area contributed by atoms with Crippen molar-refractivity contribution < 1.29 is 14.7 Å². The molecule has 0 aliphatic rings. The summed E-state index contributed by atoms with van der Waals surface area (Å²) in [5.41, 5.74) is 1.04. The Bertz CT molecular complexity index is 444. The maximum Gasteiger partial charge on any atom is 0.315 e. The number of aromatic nitrogens is 2. The number of carboxylic acid groups (broad SMARTS) is 1. The van der Waals surface area contributed by atoms with Crippen molar-refractivity contribution in [2.24, 2.45) is 13.0 Å². The van der Waals surface area contributed by atoms with Crippen LogP contribution >= 0.6 is 0 Å². The van der Waals surface area contributed by atoms with E-state index in [1.54, 1.807) is 24.7 Å². The normalized spacial score (nSPS) is 13.6. The first kappa shape index (κ1) is 15.0. The summed E-state index contributed by atoms with van der Waals surface area (Å²) in [7, 11) is 1.83. The van der Waals surface area contributed by atoms with Crippen LogP contribution in [0.3, 0.4) is 0 Å². The molecule has 1 aromatic heterocycles. The third-order valence-electron chi connectivity index (χ3n) is 2.96. The zero-order chi connectivity index (χ0) is 14.4. The second-order valence-corrected chi connectivity index (χ2v) is 4.59. The molecule has 2 atom stereocenters. The zero-order valence-electron chi connectivity index (χ0n) is 11.4. The molecule has 0 aliphatic carbocycles. The Morgan fingerprint density at radius 3 is 2.68 bits per heavy atom. The lowest BCUT2D eigenvalue weighted by Crippen LogP contribution is -2.45. The molecule has 0 fully saturated rings. The van der Waals surface area contributed by atoms with E-state index >= 15 is 0 Å². The molecule has 1 aromatic rings. The molecule has 0 saturated heterocycles. The van der Waals surface area contributed by atoms with Gasteiger partial charge in [-0.1, -0.05) is 0 Å². The minimum absolute atomic E-state index is 0.357. The number of nitrogens with one attached hydrogen (secondary N) is 2. The number of aliphatic carboxylic acids is 1. The highest BCUT2D eigenvalue weighted by molar-refractivity contribution is 5.76. The van der Waals surface area contributed by atoms with E-state index in [1.165, 1.54) is 0 Å². The highest BCUT2D eigenvalue weighted by atomic mass is 16.4. The number of aryl methyl sites for hydroxylation is 1. The third-order valence-corrected chi connectivity index (χ3v) is 2.96. The number of carboxylic acids is 1. The van der Waals surface area contributed by atoms with Crippen molar-refractivity contribution in [3.05, 3.63) is 18.0 Å². The highest BCUT2D eigenvalue weighted by Crippen LogP contribution is 2.02. The smallest absolute Gasteiger partial charge is 0.315 e. The van der Waals surface area contributed by atoms with Gasteiger partial charge in [-0.3, -0.25) is 9.48 Å². The lowest BCUT2D eigenvalue weighted by Gasteiger charge is -2.18. The van der Waals surface area contributed by atoms with E-state index in [1.807, 2.05) is 13.2 Å².